The van der Waals surface area contributed by atoms with Crippen molar-refractivity contribution in [2.75, 3.05) is 46.6 Å². The van der Waals surface area contributed by atoms with Crippen LogP contribution in [0.5, 0.6) is 5.75 Å². The molecule has 3 rings (SSSR count). The summed E-state index contributed by atoms with van der Waals surface area (Å²) in [6.45, 7) is 8.76. The van der Waals surface area contributed by atoms with Gasteiger partial charge in [-0.1, -0.05) is 12.1 Å². The summed E-state index contributed by atoms with van der Waals surface area (Å²) in [6, 6.07) is 7.97. The van der Waals surface area contributed by atoms with Gasteiger partial charge in [0.15, 0.2) is 17.3 Å². The van der Waals surface area contributed by atoms with E-state index in [4.69, 9.17) is 18.6 Å². The summed E-state index contributed by atoms with van der Waals surface area (Å²) in [6.07, 6.45) is 3.15. The van der Waals surface area contributed by atoms with Crippen LogP contribution >= 0.6 is 0 Å². The van der Waals surface area contributed by atoms with Gasteiger partial charge in [-0.3, -0.25) is 4.99 Å². The number of benzene rings is 1. The monoisotopic (exact) mass is 417 g/mol. The van der Waals surface area contributed by atoms with Crippen LogP contribution in [-0.2, 0) is 9.47 Å². The fourth-order valence-corrected chi connectivity index (χ4v) is 3.55. The standard InChI is InChI=1S/C23H35N3O4/c1-4-29-20-8-5-7-19-15-21(30-22(19)20)17(2)26-23(24-3)25-11-6-12-28-16-18-9-13-27-14-10-18/h5,7-8,15,17-18H,4,6,9-14,16H2,1-3H3,(H2,24,25,26). The smallest absolute Gasteiger partial charge is 0.191 e. The zero-order chi connectivity index (χ0) is 21.2. The Bertz CT molecular complexity index is 799. The number of hydrogen-bond acceptors (Lipinski definition) is 5. The number of furan rings is 1. The molecule has 1 aromatic heterocycles. The van der Waals surface area contributed by atoms with E-state index < -0.39 is 0 Å². The van der Waals surface area contributed by atoms with Crippen molar-refractivity contribution in [2.24, 2.45) is 10.9 Å². The first-order chi connectivity index (χ1) is 14.7. The second-order valence-electron chi connectivity index (χ2n) is 7.61. The van der Waals surface area contributed by atoms with E-state index >= 15 is 0 Å². The van der Waals surface area contributed by atoms with Crippen molar-refractivity contribution >= 4 is 16.9 Å². The van der Waals surface area contributed by atoms with E-state index in [-0.39, 0.29) is 6.04 Å². The summed E-state index contributed by atoms with van der Waals surface area (Å²) in [7, 11) is 1.77. The molecule has 0 spiro atoms. The maximum absolute atomic E-state index is 6.07. The minimum absolute atomic E-state index is 0.0251. The number of fused-ring (bicyclic) bond motifs is 1. The van der Waals surface area contributed by atoms with Gasteiger partial charge >= 0.3 is 0 Å². The molecule has 166 valence electrons. The van der Waals surface area contributed by atoms with Gasteiger partial charge in [-0.15, -0.1) is 0 Å². The third kappa shape index (κ3) is 6.37. The first-order valence-corrected chi connectivity index (χ1v) is 11.0. The van der Waals surface area contributed by atoms with E-state index in [9.17, 15) is 0 Å². The molecule has 30 heavy (non-hydrogen) atoms. The molecular weight excluding hydrogens is 382 g/mol. The average Bonchev–Trinajstić information content (AvgIpc) is 3.22. The molecule has 0 aliphatic carbocycles. The molecule has 7 heteroatoms. The molecular formula is C23H35N3O4. The van der Waals surface area contributed by atoms with Crippen LogP contribution in [0.1, 0.15) is 44.9 Å². The molecule has 0 saturated carbocycles. The van der Waals surface area contributed by atoms with Gasteiger partial charge in [-0.2, -0.15) is 0 Å². The van der Waals surface area contributed by atoms with Crippen molar-refractivity contribution in [3.05, 3.63) is 30.0 Å². The summed E-state index contributed by atoms with van der Waals surface area (Å²) in [4.78, 5) is 4.32. The number of nitrogens with zero attached hydrogens (tertiary/aromatic N) is 1. The lowest BCUT2D eigenvalue weighted by Crippen LogP contribution is -2.39. The number of ether oxygens (including phenoxy) is 3. The van der Waals surface area contributed by atoms with Gasteiger partial charge in [0.1, 0.15) is 5.76 Å². The van der Waals surface area contributed by atoms with E-state index in [1.807, 2.05) is 31.2 Å². The maximum atomic E-state index is 6.07. The molecule has 1 saturated heterocycles. The van der Waals surface area contributed by atoms with E-state index in [0.29, 0.717) is 12.5 Å². The molecule has 1 fully saturated rings. The van der Waals surface area contributed by atoms with Gasteiger partial charge < -0.3 is 29.3 Å². The van der Waals surface area contributed by atoms with Crippen LogP contribution in [0, 0.1) is 5.92 Å². The SMILES string of the molecule is CCOc1cccc2cc(C(C)NC(=NC)NCCCOCC3CCOCC3)oc12. The minimum Gasteiger partial charge on any atom is -0.490 e. The van der Waals surface area contributed by atoms with Crippen LogP contribution in [-0.4, -0.2) is 52.6 Å². The van der Waals surface area contributed by atoms with Crippen LogP contribution in [0.15, 0.2) is 33.7 Å². The summed E-state index contributed by atoms with van der Waals surface area (Å²) < 4.78 is 22.9. The highest BCUT2D eigenvalue weighted by atomic mass is 16.5. The van der Waals surface area contributed by atoms with Crippen LogP contribution in [0.3, 0.4) is 0 Å². The Morgan fingerprint density at radius 1 is 1.30 bits per heavy atom. The number of hydrogen-bond donors (Lipinski definition) is 2. The molecule has 1 aliphatic heterocycles. The van der Waals surface area contributed by atoms with Crippen LogP contribution < -0.4 is 15.4 Å². The van der Waals surface area contributed by atoms with E-state index in [1.54, 1.807) is 7.05 Å². The Balaban J connectivity index is 1.41. The average molecular weight is 418 g/mol. The van der Waals surface area contributed by atoms with E-state index in [1.165, 1.54) is 0 Å². The number of nitrogens with one attached hydrogen (secondary N) is 2. The van der Waals surface area contributed by atoms with Gasteiger partial charge in [0, 0.05) is 45.4 Å². The fraction of sp³-hybridized carbons (Fsp3) is 0.609. The van der Waals surface area contributed by atoms with Crippen molar-refractivity contribution in [3.63, 3.8) is 0 Å². The van der Waals surface area contributed by atoms with Crippen LogP contribution in [0.2, 0.25) is 0 Å². The second-order valence-corrected chi connectivity index (χ2v) is 7.61. The van der Waals surface area contributed by atoms with Crippen LogP contribution in [0.4, 0.5) is 0 Å². The molecule has 1 atom stereocenters. The lowest BCUT2D eigenvalue weighted by Gasteiger charge is -2.21. The van der Waals surface area contributed by atoms with Crippen LogP contribution in [0.25, 0.3) is 11.0 Å². The molecule has 1 unspecified atom stereocenters. The Morgan fingerprint density at radius 2 is 2.13 bits per heavy atom. The molecule has 2 heterocycles. The number of para-hydroxylation sites is 1. The Morgan fingerprint density at radius 3 is 2.90 bits per heavy atom. The second kappa shape index (κ2) is 11.8. The number of guanidine groups is 1. The first kappa shape index (κ1) is 22.4. The van der Waals surface area contributed by atoms with Crippen molar-refractivity contribution in [3.8, 4) is 5.75 Å². The summed E-state index contributed by atoms with van der Waals surface area (Å²) in [5.41, 5.74) is 0.785. The molecule has 2 aromatic rings. The maximum Gasteiger partial charge on any atom is 0.191 e. The lowest BCUT2D eigenvalue weighted by molar-refractivity contribution is 0.0203. The van der Waals surface area contributed by atoms with Gasteiger partial charge in [0.2, 0.25) is 0 Å². The third-order valence-electron chi connectivity index (χ3n) is 5.28. The molecule has 7 nitrogen and oxygen atoms in total. The molecule has 0 amide bonds. The Hall–Kier alpha value is -2.25. The first-order valence-electron chi connectivity index (χ1n) is 11.0. The van der Waals surface area contributed by atoms with Crippen molar-refractivity contribution in [1.82, 2.24) is 10.6 Å². The predicted octanol–water partition coefficient (Wildman–Crippen LogP) is 3.89. The summed E-state index contributed by atoms with van der Waals surface area (Å²) in [5.74, 6) is 3.02. The molecule has 0 radical (unpaired) electrons. The largest absolute Gasteiger partial charge is 0.490 e. The zero-order valence-corrected chi connectivity index (χ0v) is 18.4. The Labute approximate surface area is 179 Å². The van der Waals surface area contributed by atoms with E-state index in [2.05, 4.69) is 22.5 Å². The highest BCUT2D eigenvalue weighted by Gasteiger charge is 2.16. The quantitative estimate of drug-likeness (QED) is 0.347. The summed E-state index contributed by atoms with van der Waals surface area (Å²) >= 11 is 0. The normalized spacial score (nSPS) is 16.6. The van der Waals surface area contributed by atoms with Crippen molar-refractivity contribution < 1.29 is 18.6 Å². The van der Waals surface area contributed by atoms with Crippen molar-refractivity contribution in [1.29, 1.82) is 0 Å². The van der Waals surface area contributed by atoms with Crippen molar-refractivity contribution in [2.45, 2.75) is 39.2 Å². The highest BCUT2D eigenvalue weighted by molar-refractivity contribution is 5.84. The lowest BCUT2D eigenvalue weighted by atomic mass is 10.0. The minimum atomic E-state index is -0.0251. The Kier molecular flexibility index (Phi) is 8.83. The van der Waals surface area contributed by atoms with Gasteiger partial charge in [0.05, 0.1) is 12.6 Å². The molecule has 1 aliphatic rings. The molecule has 2 N–H and O–H groups in total. The van der Waals surface area contributed by atoms with Gasteiger partial charge in [-0.25, -0.2) is 0 Å². The topological polar surface area (TPSA) is 77.2 Å². The number of aliphatic imine (C=N–C) groups is 1. The zero-order valence-electron chi connectivity index (χ0n) is 18.4. The van der Waals surface area contributed by atoms with E-state index in [0.717, 1.165) is 80.7 Å². The third-order valence-corrected chi connectivity index (χ3v) is 5.28. The molecule has 0 bridgehead atoms. The van der Waals surface area contributed by atoms with Gasteiger partial charge in [-0.05, 0) is 51.2 Å². The number of rotatable bonds is 10. The van der Waals surface area contributed by atoms with Gasteiger partial charge in [0.25, 0.3) is 0 Å². The predicted molar refractivity (Wildman–Crippen MR) is 119 cm³/mol. The molecule has 1 aromatic carbocycles. The fourth-order valence-electron chi connectivity index (χ4n) is 3.55. The highest BCUT2D eigenvalue weighted by Crippen LogP contribution is 2.31. The summed E-state index contributed by atoms with van der Waals surface area (Å²) in [5, 5.41) is 7.77.